The van der Waals surface area contributed by atoms with E-state index in [1.807, 2.05) is 0 Å². The molecule has 4 aromatic carbocycles. The van der Waals surface area contributed by atoms with Gasteiger partial charge in [0.1, 0.15) is 0 Å². The van der Waals surface area contributed by atoms with Crippen molar-refractivity contribution in [1.29, 1.82) is 0 Å². The minimum Gasteiger partial charge on any atom is -0.426 e. The molecule has 35 heavy (non-hydrogen) atoms. The van der Waals surface area contributed by atoms with E-state index in [4.69, 9.17) is 0 Å². The fourth-order valence-electron chi connectivity index (χ4n) is 3.39. The molecular weight excluding hydrogens is 480 g/mol. The van der Waals surface area contributed by atoms with Gasteiger partial charge in [0, 0.05) is 5.56 Å². The van der Waals surface area contributed by atoms with Crippen molar-refractivity contribution in [2.24, 2.45) is 0 Å². The van der Waals surface area contributed by atoms with Gasteiger partial charge in [-0.2, -0.15) is 8.78 Å². The van der Waals surface area contributed by atoms with Crippen molar-refractivity contribution < 1.29 is 39.9 Å². The van der Waals surface area contributed by atoms with E-state index in [1.165, 1.54) is 49.4 Å². The van der Waals surface area contributed by atoms with E-state index in [1.54, 1.807) is 0 Å². The van der Waals surface area contributed by atoms with Crippen LogP contribution < -0.4 is 4.74 Å². The molecule has 0 N–H and O–H groups in total. The number of aryl methyl sites for hydroxylation is 1. The van der Waals surface area contributed by atoms with Gasteiger partial charge in [0.25, 0.3) is 0 Å². The Morgan fingerprint density at radius 1 is 0.571 bits per heavy atom. The molecule has 0 radical (unpaired) electrons. The molecule has 1 nitrogen and oxygen atoms in total. The lowest BCUT2D eigenvalue weighted by molar-refractivity contribution is -0.187. The van der Waals surface area contributed by atoms with Crippen LogP contribution in [0.25, 0.3) is 22.3 Å². The van der Waals surface area contributed by atoms with Crippen LogP contribution in [0, 0.1) is 41.8 Å². The summed E-state index contributed by atoms with van der Waals surface area (Å²) in [6, 6.07) is 11.9. The van der Waals surface area contributed by atoms with Crippen LogP contribution >= 0.6 is 0 Å². The predicted octanol–water partition coefficient (Wildman–Crippen LogP) is 8.29. The van der Waals surface area contributed by atoms with Crippen LogP contribution in [0.4, 0.5) is 35.1 Å². The molecule has 4 aromatic rings. The molecule has 0 aromatic heterocycles. The van der Waals surface area contributed by atoms with E-state index in [-0.39, 0.29) is 28.8 Å². The van der Waals surface area contributed by atoms with Gasteiger partial charge in [-0.25, -0.2) is 26.3 Å². The average Bonchev–Trinajstić information content (AvgIpc) is 2.82. The molecule has 0 atom stereocenters. The monoisotopic (exact) mass is 494 g/mol. The van der Waals surface area contributed by atoms with E-state index < -0.39 is 52.3 Å². The Morgan fingerprint density at radius 2 is 1.14 bits per heavy atom. The van der Waals surface area contributed by atoms with Gasteiger partial charge in [0.05, 0.1) is 5.56 Å². The highest BCUT2D eigenvalue weighted by Crippen LogP contribution is 2.36. The highest BCUT2D eigenvalue weighted by atomic mass is 19.3. The number of rotatable bonds is 5. The molecule has 180 valence electrons. The summed E-state index contributed by atoms with van der Waals surface area (Å²) < 4.78 is 115. The van der Waals surface area contributed by atoms with E-state index in [2.05, 4.69) is 4.74 Å². The van der Waals surface area contributed by atoms with Crippen LogP contribution in [0.15, 0.2) is 66.7 Å². The van der Waals surface area contributed by atoms with Crippen molar-refractivity contribution in [1.82, 2.24) is 0 Å². The van der Waals surface area contributed by atoms with E-state index >= 15 is 0 Å². The molecule has 0 heterocycles. The molecule has 0 amide bonds. The molecule has 0 fully saturated rings. The fourth-order valence-corrected chi connectivity index (χ4v) is 3.39. The van der Waals surface area contributed by atoms with Crippen molar-refractivity contribution in [3.63, 3.8) is 0 Å². The van der Waals surface area contributed by atoms with Crippen molar-refractivity contribution in [3.05, 3.63) is 113 Å². The average molecular weight is 494 g/mol. The van der Waals surface area contributed by atoms with Gasteiger partial charge in [-0.15, -0.1) is 0 Å². The van der Waals surface area contributed by atoms with Gasteiger partial charge in [0.2, 0.25) is 0 Å². The lowest BCUT2D eigenvalue weighted by Gasteiger charge is -2.19. The Kier molecular flexibility index (Phi) is 6.27. The maximum atomic E-state index is 14.5. The van der Waals surface area contributed by atoms with Crippen molar-refractivity contribution in [2.75, 3.05) is 0 Å². The summed E-state index contributed by atoms with van der Waals surface area (Å²) in [5, 5.41) is 0. The van der Waals surface area contributed by atoms with Gasteiger partial charge < -0.3 is 4.74 Å². The molecule has 0 bridgehead atoms. The summed E-state index contributed by atoms with van der Waals surface area (Å²) in [4.78, 5) is 0. The molecule has 0 spiro atoms. The Bertz CT molecular complexity index is 1390. The molecular formula is C26H14F8O. The largest absolute Gasteiger partial charge is 0.427 e. The van der Waals surface area contributed by atoms with Crippen LogP contribution in [0.3, 0.4) is 0 Å². The Balaban J connectivity index is 1.58. The first-order valence-electron chi connectivity index (χ1n) is 10.0. The Hall–Kier alpha value is -3.88. The van der Waals surface area contributed by atoms with Crippen LogP contribution in [0.2, 0.25) is 0 Å². The minimum absolute atomic E-state index is 0.0328. The second kappa shape index (κ2) is 9.05. The SMILES string of the molecule is Cc1ccc(-c2ccc(-c3ccc(OC(F)(F)c4cc(F)c(F)c(F)c4)c(F)c3)cc2)c(F)c1F. The van der Waals surface area contributed by atoms with Crippen LogP contribution in [-0.4, -0.2) is 0 Å². The standard InChI is InChI=1S/C26H14F8O/c1-13-2-8-18(24(31)23(13)30)15-5-3-14(4-6-15)16-7-9-22(19(27)10-16)35-26(33,34)17-11-20(28)25(32)21(29)12-17/h2-12H,1H3. The number of halogens is 8. The molecule has 0 unspecified atom stereocenters. The first-order chi connectivity index (χ1) is 16.5. The van der Waals surface area contributed by atoms with Crippen molar-refractivity contribution >= 4 is 0 Å². The topological polar surface area (TPSA) is 9.23 Å². The van der Waals surface area contributed by atoms with Gasteiger partial charge in [-0.3, -0.25) is 0 Å². The summed E-state index contributed by atoms with van der Waals surface area (Å²) in [6.07, 6.45) is -4.37. The molecule has 0 aliphatic heterocycles. The molecule has 0 aliphatic rings. The van der Waals surface area contributed by atoms with Crippen molar-refractivity contribution in [3.8, 4) is 28.0 Å². The summed E-state index contributed by atoms with van der Waals surface area (Å²) in [7, 11) is 0. The van der Waals surface area contributed by atoms with Crippen LogP contribution in [-0.2, 0) is 6.11 Å². The second-order valence-corrected chi connectivity index (χ2v) is 7.65. The third-order valence-corrected chi connectivity index (χ3v) is 5.29. The number of hydrogen-bond acceptors (Lipinski definition) is 1. The molecule has 4 rings (SSSR count). The fraction of sp³-hybridized carbons (Fsp3) is 0.0769. The quantitative estimate of drug-likeness (QED) is 0.200. The Morgan fingerprint density at radius 3 is 1.74 bits per heavy atom. The number of alkyl halides is 2. The van der Waals surface area contributed by atoms with Gasteiger partial charge in [-0.1, -0.05) is 42.5 Å². The van der Waals surface area contributed by atoms with Crippen LogP contribution in [0.5, 0.6) is 5.75 Å². The lowest BCUT2D eigenvalue weighted by atomic mass is 9.99. The summed E-state index contributed by atoms with van der Waals surface area (Å²) in [6.45, 7) is 1.43. The summed E-state index contributed by atoms with van der Waals surface area (Å²) in [5.74, 6) is -9.73. The first kappa shape index (κ1) is 24.3. The normalized spacial score (nSPS) is 11.6. The summed E-state index contributed by atoms with van der Waals surface area (Å²) >= 11 is 0. The smallest absolute Gasteiger partial charge is 0.426 e. The number of benzene rings is 4. The minimum atomic E-state index is -4.37. The highest BCUT2D eigenvalue weighted by molar-refractivity contribution is 5.71. The van der Waals surface area contributed by atoms with Gasteiger partial charge in [-0.05, 0) is 53.4 Å². The van der Waals surface area contributed by atoms with Crippen molar-refractivity contribution in [2.45, 2.75) is 13.0 Å². The van der Waals surface area contributed by atoms with Gasteiger partial charge in [0.15, 0.2) is 40.7 Å². The zero-order valence-corrected chi connectivity index (χ0v) is 17.8. The Labute approximate surface area is 194 Å². The zero-order chi connectivity index (χ0) is 25.5. The highest BCUT2D eigenvalue weighted by Gasteiger charge is 2.37. The van der Waals surface area contributed by atoms with E-state index in [0.29, 0.717) is 11.1 Å². The maximum Gasteiger partial charge on any atom is 0.427 e. The zero-order valence-electron chi connectivity index (χ0n) is 17.8. The molecule has 0 saturated heterocycles. The number of hydrogen-bond donors (Lipinski definition) is 0. The summed E-state index contributed by atoms with van der Waals surface area (Å²) in [5.41, 5.74) is -0.108. The lowest BCUT2D eigenvalue weighted by Crippen LogP contribution is -2.23. The predicted molar refractivity (Wildman–Crippen MR) is 113 cm³/mol. The molecule has 0 saturated carbocycles. The third kappa shape index (κ3) is 4.71. The molecule has 0 aliphatic carbocycles. The van der Waals surface area contributed by atoms with E-state index in [0.717, 1.165) is 12.1 Å². The maximum absolute atomic E-state index is 14.5. The number of ether oxygens (including phenoxy) is 1. The third-order valence-electron chi connectivity index (χ3n) is 5.29. The van der Waals surface area contributed by atoms with Gasteiger partial charge >= 0.3 is 6.11 Å². The second-order valence-electron chi connectivity index (χ2n) is 7.65. The van der Waals surface area contributed by atoms with E-state index in [9.17, 15) is 35.1 Å². The molecule has 9 heteroatoms. The first-order valence-corrected chi connectivity index (χ1v) is 10.0. The van der Waals surface area contributed by atoms with Crippen LogP contribution in [0.1, 0.15) is 11.1 Å².